The molecule has 184 valence electrons. The molecule has 1 unspecified atom stereocenters. The first-order valence-corrected chi connectivity index (χ1v) is 14.1. The lowest BCUT2D eigenvalue weighted by atomic mass is 9.69. The van der Waals surface area contributed by atoms with Crippen molar-refractivity contribution in [2.75, 3.05) is 11.1 Å². The van der Waals surface area contributed by atoms with Crippen molar-refractivity contribution in [2.45, 2.75) is 65.1 Å². The average molecular weight is 528 g/mol. The molecule has 0 saturated heterocycles. The number of thiophene rings is 1. The Kier molecular flexibility index (Phi) is 7.89. The maximum absolute atomic E-state index is 12.8. The molecule has 0 aliphatic heterocycles. The van der Waals surface area contributed by atoms with E-state index in [0.717, 1.165) is 42.6 Å². The third kappa shape index (κ3) is 5.42. The van der Waals surface area contributed by atoms with Crippen molar-refractivity contribution < 1.29 is 4.79 Å². The van der Waals surface area contributed by atoms with E-state index in [1.165, 1.54) is 16.6 Å². The summed E-state index contributed by atoms with van der Waals surface area (Å²) >= 11 is 9.05. The molecule has 1 amide bonds. The van der Waals surface area contributed by atoms with Crippen LogP contribution in [0.3, 0.4) is 0 Å². The van der Waals surface area contributed by atoms with Crippen LogP contribution in [-0.2, 0) is 24.2 Å². The van der Waals surface area contributed by atoms with Gasteiger partial charge in [-0.3, -0.25) is 4.79 Å². The molecular formula is C26H30ClN5OS2. The molecule has 1 aromatic carbocycles. The number of hydrogen-bond acceptors (Lipinski definition) is 6. The summed E-state index contributed by atoms with van der Waals surface area (Å²) in [4.78, 5) is 14.1. The summed E-state index contributed by atoms with van der Waals surface area (Å²) in [6, 6.07) is 9.84. The number of nitriles is 1. The quantitative estimate of drug-likeness (QED) is 0.325. The summed E-state index contributed by atoms with van der Waals surface area (Å²) in [5, 5.41) is 23.4. The number of carbonyl (C=O) groups excluding carboxylic acids is 1. The standard InChI is InChI=1S/C26H30ClN5OS2/c1-5-26(3,4)17-10-11-19-20(14-28)24(35-21(19)13-17)29-22(33)15-34-25-31-30-23(32(25)6-2)16-8-7-9-18(27)12-16/h7-9,12,17H,5-6,10-11,13,15H2,1-4H3,(H,29,33). The fourth-order valence-electron chi connectivity index (χ4n) is 4.56. The minimum absolute atomic E-state index is 0.148. The van der Waals surface area contributed by atoms with E-state index in [1.807, 2.05) is 35.8 Å². The highest BCUT2D eigenvalue weighted by atomic mass is 35.5. The van der Waals surface area contributed by atoms with Crippen molar-refractivity contribution >= 4 is 45.6 Å². The Balaban J connectivity index is 1.45. The fraction of sp³-hybridized carbons (Fsp3) is 0.462. The first-order chi connectivity index (χ1) is 16.8. The molecule has 6 nitrogen and oxygen atoms in total. The molecule has 3 aromatic rings. The van der Waals surface area contributed by atoms with Crippen LogP contribution in [-0.4, -0.2) is 26.4 Å². The number of anilines is 1. The molecule has 4 rings (SSSR count). The summed E-state index contributed by atoms with van der Waals surface area (Å²) in [5.74, 6) is 1.36. The monoisotopic (exact) mass is 527 g/mol. The zero-order valence-electron chi connectivity index (χ0n) is 20.5. The Bertz CT molecular complexity index is 1270. The Hall–Kier alpha value is -2.34. The molecule has 35 heavy (non-hydrogen) atoms. The van der Waals surface area contributed by atoms with E-state index in [-0.39, 0.29) is 17.1 Å². The maximum atomic E-state index is 12.8. The number of carbonyl (C=O) groups is 1. The minimum Gasteiger partial charge on any atom is -0.316 e. The van der Waals surface area contributed by atoms with Crippen molar-refractivity contribution in [3.8, 4) is 17.5 Å². The van der Waals surface area contributed by atoms with Crippen molar-refractivity contribution in [3.63, 3.8) is 0 Å². The number of benzene rings is 1. The number of rotatable bonds is 8. The molecular weight excluding hydrogens is 498 g/mol. The minimum atomic E-state index is -0.148. The van der Waals surface area contributed by atoms with Gasteiger partial charge in [0.2, 0.25) is 5.91 Å². The third-order valence-electron chi connectivity index (χ3n) is 7.09. The molecule has 1 atom stereocenters. The van der Waals surface area contributed by atoms with Gasteiger partial charge in [-0.15, -0.1) is 21.5 Å². The van der Waals surface area contributed by atoms with Gasteiger partial charge in [-0.2, -0.15) is 5.26 Å². The molecule has 2 aromatic heterocycles. The van der Waals surface area contributed by atoms with Gasteiger partial charge in [-0.1, -0.05) is 62.7 Å². The van der Waals surface area contributed by atoms with Gasteiger partial charge in [0.05, 0.1) is 11.3 Å². The van der Waals surface area contributed by atoms with Crippen molar-refractivity contribution in [2.24, 2.45) is 11.3 Å². The van der Waals surface area contributed by atoms with Gasteiger partial charge in [0.25, 0.3) is 0 Å². The van der Waals surface area contributed by atoms with E-state index in [2.05, 4.69) is 42.4 Å². The zero-order valence-corrected chi connectivity index (χ0v) is 22.9. The van der Waals surface area contributed by atoms with Crippen LogP contribution in [0.2, 0.25) is 5.02 Å². The van der Waals surface area contributed by atoms with Gasteiger partial charge in [0.1, 0.15) is 11.1 Å². The summed E-state index contributed by atoms with van der Waals surface area (Å²) in [6.07, 6.45) is 4.10. The highest BCUT2D eigenvalue weighted by Gasteiger charge is 2.34. The van der Waals surface area contributed by atoms with E-state index in [4.69, 9.17) is 11.6 Å². The van der Waals surface area contributed by atoms with Gasteiger partial charge in [-0.05, 0) is 55.2 Å². The summed E-state index contributed by atoms with van der Waals surface area (Å²) in [6.45, 7) is 9.59. The molecule has 0 spiro atoms. The number of aromatic nitrogens is 3. The van der Waals surface area contributed by atoms with E-state index >= 15 is 0 Å². The first-order valence-electron chi connectivity index (χ1n) is 11.9. The van der Waals surface area contributed by atoms with Gasteiger partial charge in [0, 0.05) is 22.0 Å². The Morgan fingerprint density at radius 1 is 1.37 bits per heavy atom. The zero-order chi connectivity index (χ0) is 25.2. The van der Waals surface area contributed by atoms with Crippen molar-refractivity contribution in [1.29, 1.82) is 5.26 Å². The highest BCUT2D eigenvalue weighted by Crippen LogP contribution is 2.45. The lowest BCUT2D eigenvalue weighted by Gasteiger charge is -2.36. The van der Waals surface area contributed by atoms with Crippen molar-refractivity contribution in [3.05, 3.63) is 45.3 Å². The second kappa shape index (κ2) is 10.7. The van der Waals surface area contributed by atoms with E-state index < -0.39 is 0 Å². The number of nitrogens with one attached hydrogen (secondary N) is 1. The van der Waals surface area contributed by atoms with Crippen LogP contribution < -0.4 is 5.32 Å². The number of hydrogen-bond donors (Lipinski definition) is 1. The maximum Gasteiger partial charge on any atom is 0.235 e. The van der Waals surface area contributed by atoms with Crippen LogP contribution in [0.25, 0.3) is 11.4 Å². The number of amides is 1. The number of thioether (sulfide) groups is 1. The van der Waals surface area contributed by atoms with Crippen molar-refractivity contribution in [1.82, 2.24) is 14.8 Å². The summed E-state index contributed by atoms with van der Waals surface area (Å²) < 4.78 is 1.98. The normalized spacial score (nSPS) is 15.5. The Morgan fingerprint density at radius 2 is 2.17 bits per heavy atom. The van der Waals surface area contributed by atoms with Crippen LogP contribution in [0.5, 0.6) is 0 Å². The van der Waals surface area contributed by atoms with Gasteiger partial charge in [0.15, 0.2) is 11.0 Å². The SMILES string of the molecule is CCn1c(SCC(=O)Nc2sc3c(c2C#N)CCC(C(C)(C)CC)C3)nnc1-c1cccc(Cl)c1. The smallest absolute Gasteiger partial charge is 0.235 e. The van der Waals surface area contributed by atoms with E-state index in [9.17, 15) is 10.1 Å². The number of halogens is 1. The molecule has 2 heterocycles. The fourth-order valence-corrected chi connectivity index (χ4v) is 6.85. The van der Waals surface area contributed by atoms with E-state index in [1.54, 1.807) is 11.3 Å². The second-order valence-corrected chi connectivity index (χ2v) is 12.0. The Morgan fingerprint density at radius 3 is 2.86 bits per heavy atom. The molecule has 9 heteroatoms. The molecule has 0 fully saturated rings. The van der Waals surface area contributed by atoms with Crippen LogP contribution in [0.15, 0.2) is 29.4 Å². The first kappa shape index (κ1) is 25.7. The molecule has 0 bridgehead atoms. The van der Waals surface area contributed by atoms with E-state index in [0.29, 0.717) is 33.2 Å². The lowest BCUT2D eigenvalue weighted by Crippen LogP contribution is -2.28. The number of nitrogens with zero attached hydrogens (tertiary/aromatic N) is 4. The van der Waals surface area contributed by atoms with Gasteiger partial charge >= 0.3 is 0 Å². The average Bonchev–Trinajstić information content (AvgIpc) is 3.42. The second-order valence-electron chi connectivity index (χ2n) is 9.50. The predicted octanol–water partition coefficient (Wildman–Crippen LogP) is 6.82. The summed E-state index contributed by atoms with van der Waals surface area (Å²) in [7, 11) is 0. The lowest BCUT2D eigenvalue weighted by molar-refractivity contribution is -0.113. The number of fused-ring (bicyclic) bond motifs is 1. The summed E-state index contributed by atoms with van der Waals surface area (Å²) in [5.41, 5.74) is 2.92. The molecule has 1 aliphatic rings. The topological polar surface area (TPSA) is 83.6 Å². The van der Waals surface area contributed by atoms with Crippen LogP contribution >= 0.6 is 34.7 Å². The predicted molar refractivity (Wildman–Crippen MR) is 144 cm³/mol. The molecule has 1 N–H and O–H groups in total. The largest absolute Gasteiger partial charge is 0.316 e. The van der Waals surface area contributed by atoms with Gasteiger partial charge in [-0.25, -0.2) is 0 Å². The third-order valence-corrected chi connectivity index (χ3v) is 9.47. The van der Waals surface area contributed by atoms with Gasteiger partial charge < -0.3 is 9.88 Å². The molecule has 0 saturated carbocycles. The Labute approximate surface area is 220 Å². The molecule has 0 radical (unpaired) electrons. The highest BCUT2D eigenvalue weighted by molar-refractivity contribution is 7.99. The van der Waals surface area contributed by atoms with Crippen LogP contribution in [0, 0.1) is 22.7 Å². The van der Waals surface area contributed by atoms with Crippen LogP contribution in [0.1, 0.15) is 56.5 Å². The van der Waals surface area contributed by atoms with Crippen LogP contribution in [0.4, 0.5) is 5.00 Å². The molecule has 1 aliphatic carbocycles.